The first-order chi connectivity index (χ1) is 13.6. The summed E-state index contributed by atoms with van der Waals surface area (Å²) in [5.74, 6) is 2.72. The lowest BCUT2D eigenvalue weighted by Gasteiger charge is -2.15. The van der Waals surface area contributed by atoms with E-state index in [1.165, 1.54) is 5.56 Å². The Morgan fingerprint density at radius 3 is 2.86 bits per heavy atom. The Balaban J connectivity index is 1.44. The van der Waals surface area contributed by atoms with E-state index in [9.17, 15) is 4.79 Å². The molecule has 1 aromatic heterocycles. The minimum absolute atomic E-state index is 0.0880. The van der Waals surface area contributed by atoms with Gasteiger partial charge in [0, 0.05) is 42.6 Å². The predicted molar refractivity (Wildman–Crippen MR) is 110 cm³/mol. The smallest absolute Gasteiger partial charge is 0.255 e. The zero-order valence-electron chi connectivity index (χ0n) is 16.4. The summed E-state index contributed by atoms with van der Waals surface area (Å²) < 4.78 is 11.8. The molecule has 0 bridgehead atoms. The van der Waals surface area contributed by atoms with E-state index < -0.39 is 0 Å². The van der Waals surface area contributed by atoms with Gasteiger partial charge in [0.2, 0.25) is 0 Å². The minimum atomic E-state index is 0.0880. The van der Waals surface area contributed by atoms with Crippen molar-refractivity contribution in [3.8, 4) is 11.5 Å². The molecule has 28 heavy (non-hydrogen) atoms. The van der Waals surface area contributed by atoms with Gasteiger partial charge in [-0.2, -0.15) is 0 Å². The van der Waals surface area contributed by atoms with Crippen molar-refractivity contribution in [2.45, 2.75) is 50.0 Å². The Kier molecular flexibility index (Phi) is 5.76. The van der Waals surface area contributed by atoms with E-state index in [4.69, 9.17) is 9.47 Å². The van der Waals surface area contributed by atoms with Crippen LogP contribution in [-0.4, -0.2) is 41.6 Å². The van der Waals surface area contributed by atoms with Crippen LogP contribution in [0.15, 0.2) is 35.5 Å². The van der Waals surface area contributed by atoms with E-state index in [-0.39, 0.29) is 12.0 Å². The number of rotatable bonds is 6. The first kappa shape index (κ1) is 19.1. The van der Waals surface area contributed by atoms with E-state index >= 15 is 0 Å². The number of fused-ring (bicyclic) bond motifs is 1. The molecule has 1 unspecified atom stereocenters. The Labute approximate surface area is 170 Å². The van der Waals surface area contributed by atoms with E-state index in [1.807, 2.05) is 24.0 Å². The lowest BCUT2D eigenvalue weighted by atomic mass is 10.1. The summed E-state index contributed by atoms with van der Waals surface area (Å²) in [6.07, 6.45) is 5.03. The molecule has 0 spiro atoms. The fourth-order valence-corrected chi connectivity index (χ4v) is 4.55. The maximum Gasteiger partial charge on any atom is 0.255 e. The average molecular weight is 399 g/mol. The number of benzene rings is 1. The molecule has 1 fully saturated rings. The lowest BCUT2D eigenvalue weighted by Crippen LogP contribution is -2.27. The zero-order chi connectivity index (χ0) is 19.5. The standard InChI is InChI=1S/C22H26N2O3S/c1-3-26-19-11-17-10-15(2)27-20(17)12-18(19)14-28-21-7-6-16(13-23-21)22(25)24-8-4-5-9-24/h6-7,11-13,15H,3-5,8-10,14H2,1-2H3. The predicted octanol–water partition coefficient (Wildman–Crippen LogP) is 4.33. The van der Waals surface area contributed by atoms with Gasteiger partial charge in [-0.15, -0.1) is 11.8 Å². The van der Waals surface area contributed by atoms with Gasteiger partial charge in [0.05, 0.1) is 17.2 Å². The van der Waals surface area contributed by atoms with Crippen molar-refractivity contribution in [2.24, 2.45) is 0 Å². The van der Waals surface area contributed by atoms with Crippen LogP contribution in [0, 0.1) is 0 Å². The van der Waals surface area contributed by atoms with Crippen LogP contribution in [0.2, 0.25) is 0 Å². The molecule has 0 N–H and O–H groups in total. The number of nitrogens with zero attached hydrogens (tertiary/aromatic N) is 2. The summed E-state index contributed by atoms with van der Waals surface area (Å²) in [4.78, 5) is 18.8. The van der Waals surface area contributed by atoms with Crippen molar-refractivity contribution in [1.82, 2.24) is 9.88 Å². The Morgan fingerprint density at radius 1 is 1.32 bits per heavy atom. The highest BCUT2D eigenvalue weighted by atomic mass is 32.2. The second-order valence-corrected chi connectivity index (χ2v) is 8.30. The van der Waals surface area contributed by atoms with E-state index in [2.05, 4.69) is 24.0 Å². The van der Waals surface area contributed by atoms with Crippen LogP contribution in [0.4, 0.5) is 0 Å². The average Bonchev–Trinajstić information content (AvgIpc) is 3.35. The molecule has 1 amide bonds. The second kappa shape index (κ2) is 8.43. The number of amides is 1. The molecule has 2 aliphatic rings. The van der Waals surface area contributed by atoms with Crippen LogP contribution in [0.25, 0.3) is 0 Å². The van der Waals surface area contributed by atoms with Gasteiger partial charge in [-0.05, 0) is 51.0 Å². The van der Waals surface area contributed by atoms with Crippen LogP contribution in [-0.2, 0) is 12.2 Å². The highest BCUT2D eigenvalue weighted by Gasteiger charge is 2.22. The van der Waals surface area contributed by atoms with E-state index in [0.29, 0.717) is 12.2 Å². The summed E-state index contributed by atoms with van der Waals surface area (Å²) in [7, 11) is 0. The number of carbonyl (C=O) groups excluding carboxylic acids is 1. The molecule has 0 radical (unpaired) electrons. The molecule has 6 heteroatoms. The Bertz CT molecular complexity index is 848. The third kappa shape index (κ3) is 4.12. The molecule has 4 rings (SSSR count). The number of likely N-dealkylation sites (tertiary alicyclic amines) is 1. The molecule has 0 saturated carbocycles. The summed E-state index contributed by atoms with van der Waals surface area (Å²) in [5, 5.41) is 0.898. The molecule has 148 valence electrons. The number of ether oxygens (including phenoxy) is 2. The third-order valence-electron chi connectivity index (χ3n) is 5.13. The summed E-state index contributed by atoms with van der Waals surface area (Å²) in [6, 6.07) is 8.03. The second-order valence-electron chi connectivity index (χ2n) is 7.31. The van der Waals surface area contributed by atoms with Crippen LogP contribution < -0.4 is 9.47 Å². The van der Waals surface area contributed by atoms with Crippen molar-refractivity contribution in [1.29, 1.82) is 0 Å². The van der Waals surface area contributed by atoms with Gasteiger partial charge in [0.25, 0.3) is 5.91 Å². The minimum Gasteiger partial charge on any atom is -0.494 e. The molecule has 5 nitrogen and oxygen atoms in total. The van der Waals surface area contributed by atoms with Crippen LogP contribution >= 0.6 is 11.8 Å². The van der Waals surface area contributed by atoms with E-state index in [0.717, 1.165) is 60.2 Å². The largest absolute Gasteiger partial charge is 0.494 e. The highest BCUT2D eigenvalue weighted by Crippen LogP contribution is 2.37. The number of carbonyl (C=O) groups is 1. The summed E-state index contributed by atoms with van der Waals surface area (Å²) in [6.45, 7) is 6.44. The van der Waals surface area contributed by atoms with E-state index in [1.54, 1.807) is 18.0 Å². The molecule has 1 atom stereocenters. The summed E-state index contributed by atoms with van der Waals surface area (Å²) in [5.41, 5.74) is 2.99. The van der Waals surface area contributed by atoms with Crippen molar-refractivity contribution in [2.75, 3.05) is 19.7 Å². The topological polar surface area (TPSA) is 51.7 Å². The van der Waals surface area contributed by atoms with Gasteiger partial charge in [0.15, 0.2) is 0 Å². The molecule has 2 aromatic rings. The highest BCUT2D eigenvalue weighted by molar-refractivity contribution is 7.98. The van der Waals surface area contributed by atoms with Crippen LogP contribution in [0.1, 0.15) is 48.2 Å². The molecule has 2 aliphatic heterocycles. The van der Waals surface area contributed by atoms with Gasteiger partial charge in [-0.1, -0.05) is 0 Å². The van der Waals surface area contributed by atoms with Crippen molar-refractivity contribution >= 4 is 17.7 Å². The normalized spacial score (nSPS) is 18.1. The Hall–Kier alpha value is -2.21. The lowest BCUT2D eigenvalue weighted by molar-refractivity contribution is 0.0792. The number of thioether (sulfide) groups is 1. The van der Waals surface area contributed by atoms with Crippen LogP contribution in [0.5, 0.6) is 11.5 Å². The van der Waals surface area contributed by atoms with Gasteiger partial charge in [0.1, 0.15) is 17.6 Å². The fourth-order valence-electron chi connectivity index (χ4n) is 3.73. The summed E-state index contributed by atoms with van der Waals surface area (Å²) >= 11 is 1.64. The molecule has 3 heterocycles. The molecule has 1 aromatic carbocycles. The maximum absolute atomic E-state index is 12.4. The zero-order valence-corrected chi connectivity index (χ0v) is 17.3. The number of aromatic nitrogens is 1. The van der Waals surface area contributed by atoms with Crippen molar-refractivity contribution < 1.29 is 14.3 Å². The van der Waals surface area contributed by atoms with Crippen LogP contribution in [0.3, 0.4) is 0 Å². The third-order valence-corrected chi connectivity index (χ3v) is 6.12. The van der Waals surface area contributed by atoms with Gasteiger partial charge in [-0.25, -0.2) is 4.98 Å². The molecule has 0 aliphatic carbocycles. The van der Waals surface area contributed by atoms with Crippen molar-refractivity contribution in [3.05, 3.63) is 47.2 Å². The van der Waals surface area contributed by atoms with Gasteiger partial charge in [-0.3, -0.25) is 4.79 Å². The molecular formula is C22H26N2O3S. The fraction of sp³-hybridized carbons (Fsp3) is 0.455. The molecule has 1 saturated heterocycles. The first-order valence-corrected chi connectivity index (χ1v) is 11.0. The number of hydrogen-bond donors (Lipinski definition) is 0. The first-order valence-electron chi connectivity index (χ1n) is 9.97. The van der Waals surface area contributed by atoms with Gasteiger partial charge >= 0.3 is 0 Å². The monoisotopic (exact) mass is 398 g/mol. The number of pyridine rings is 1. The van der Waals surface area contributed by atoms with Crippen molar-refractivity contribution in [3.63, 3.8) is 0 Å². The maximum atomic E-state index is 12.4. The number of hydrogen-bond acceptors (Lipinski definition) is 5. The SMILES string of the molecule is CCOc1cc2c(cc1CSc1ccc(C(=O)N3CCCC3)cn1)OC(C)C2. The van der Waals surface area contributed by atoms with Gasteiger partial charge < -0.3 is 14.4 Å². The molecular weight excluding hydrogens is 372 g/mol. The Morgan fingerprint density at radius 2 is 2.14 bits per heavy atom. The quantitative estimate of drug-likeness (QED) is 0.678.